The Morgan fingerprint density at radius 2 is 1.74 bits per heavy atom. The van der Waals surface area contributed by atoms with Gasteiger partial charge in [-0.15, -0.1) is 11.3 Å². The third kappa shape index (κ3) is 4.05. The molecule has 2 heterocycles. The van der Waals surface area contributed by atoms with E-state index in [1.807, 2.05) is 12.1 Å². The zero-order chi connectivity index (χ0) is 23.1. The highest BCUT2D eigenvalue weighted by Crippen LogP contribution is 2.35. The molecule has 0 atom stereocenters. The van der Waals surface area contributed by atoms with Gasteiger partial charge in [-0.2, -0.15) is 0 Å². The van der Waals surface area contributed by atoms with Crippen LogP contribution in [0.25, 0.3) is 22.0 Å². The molecule has 6 rings (SSSR count). The number of hydrogen-bond acceptors (Lipinski definition) is 7. The van der Waals surface area contributed by atoms with Crippen LogP contribution in [0, 0.1) is 10.1 Å². The molecule has 34 heavy (non-hydrogen) atoms. The van der Waals surface area contributed by atoms with Gasteiger partial charge in [-0.3, -0.25) is 10.1 Å². The van der Waals surface area contributed by atoms with E-state index < -0.39 is 0 Å². The van der Waals surface area contributed by atoms with E-state index in [1.165, 1.54) is 16.3 Å². The summed E-state index contributed by atoms with van der Waals surface area (Å²) in [7, 11) is 0. The van der Waals surface area contributed by atoms with Crippen molar-refractivity contribution in [3.63, 3.8) is 0 Å². The highest BCUT2D eigenvalue weighted by molar-refractivity contribution is 7.14. The van der Waals surface area contributed by atoms with E-state index in [-0.39, 0.29) is 10.6 Å². The van der Waals surface area contributed by atoms with Crippen molar-refractivity contribution < 1.29 is 4.92 Å². The highest BCUT2D eigenvalue weighted by atomic mass is 32.1. The first kappa shape index (κ1) is 20.9. The van der Waals surface area contributed by atoms with Gasteiger partial charge in [-0.05, 0) is 35.7 Å². The van der Waals surface area contributed by atoms with E-state index in [2.05, 4.69) is 63.0 Å². The second-order valence-electron chi connectivity index (χ2n) is 8.89. The summed E-state index contributed by atoms with van der Waals surface area (Å²) in [4.78, 5) is 20.7. The maximum absolute atomic E-state index is 11.4. The lowest BCUT2D eigenvalue weighted by atomic mass is 10.0. The lowest BCUT2D eigenvalue weighted by Crippen LogP contribution is -2.46. The molecule has 0 radical (unpaired) electrons. The van der Waals surface area contributed by atoms with E-state index in [1.54, 1.807) is 17.4 Å². The van der Waals surface area contributed by atoms with Gasteiger partial charge in [-0.25, -0.2) is 4.98 Å². The fourth-order valence-electron chi connectivity index (χ4n) is 4.58. The molecule has 1 N–H and O–H groups in total. The number of nitro groups is 1. The summed E-state index contributed by atoms with van der Waals surface area (Å²) in [6.45, 7) is 3.43. The maximum Gasteiger partial charge on any atom is 0.292 e. The number of piperazine rings is 1. The number of nitro benzene ring substituents is 1. The average molecular weight is 472 g/mol. The molecule has 172 valence electrons. The third-order valence-electron chi connectivity index (χ3n) is 6.59. The van der Waals surface area contributed by atoms with E-state index >= 15 is 0 Å². The maximum atomic E-state index is 11.4. The zero-order valence-corrected chi connectivity index (χ0v) is 19.5. The van der Waals surface area contributed by atoms with Crippen molar-refractivity contribution in [2.24, 2.45) is 0 Å². The minimum Gasteiger partial charge on any atom is -0.377 e. The smallest absolute Gasteiger partial charge is 0.292 e. The predicted octanol–water partition coefficient (Wildman–Crippen LogP) is 5.77. The molecule has 0 amide bonds. The third-order valence-corrected chi connectivity index (χ3v) is 7.49. The van der Waals surface area contributed by atoms with Gasteiger partial charge in [0.25, 0.3) is 5.69 Å². The minimum atomic E-state index is -0.303. The predicted molar refractivity (Wildman–Crippen MR) is 139 cm³/mol. The number of benzene rings is 3. The number of anilines is 3. The first-order chi connectivity index (χ1) is 16.7. The summed E-state index contributed by atoms with van der Waals surface area (Å²) < 4.78 is 0. The SMILES string of the molecule is O=[N+]([O-])c1ccc(N2CCN(c3nc(-c4cccc5ccccc45)cs3)CC2)cc1NC1CC1. The van der Waals surface area contributed by atoms with Crippen LogP contribution in [0.5, 0.6) is 0 Å². The molecule has 1 aliphatic heterocycles. The van der Waals surface area contributed by atoms with Crippen molar-refractivity contribution in [3.05, 3.63) is 76.2 Å². The van der Waals surface area contributed by atoms with E-state index in [0.29, 0.717) is 11.7 Å². The Morgan fingerprint density at radius 3 is 2.53 bits per heavy atom. The Bertz CT molecular complexity index is 1350. The first-order valence-electron chi connectivity index (χ1n) is 11.6. The lowest BCUT2D eigenvalue weighted by Gasteiger charge is -2.36. The normalized spacial score (nSPS) is 16.1. The van der Waals surface area contributed by atoms with Crippen LogP contribution in [-0.2, 0) is 0 Å². The molecule has 4 aromatic rings. The molecule has 3 aromatic carbocycles. The molecule has 8 heteroatoms. The van der Waals surface area contributed by atoms with Crippen LogP contribution in [0.2, 0.25) is 0 Å². The van der Waals surface area contributed by atoms with Crippen LogP contribution < -0.4 is 15.1 Å². The van der Waals surface area contributed by atoms with E-state index in [0.717, 1.165) is 55.5 Å². The minimum absolute atomic E-state index is 0.151. The summed E-state index contributed by atoms with van der Waals surface area (Å²) in [6, 6.07) is 20.6. The summed E-state index contributed by atoms with van der Waals surface area (Å²) in [5.41, 5.74) is 4.00. The molecule has 2 fully saturated rings. The topological polar surface area (TPSA) is 74.5 Å². The first-order valence-corrected chi connectivity index (χ1v) is 12.5. The molecular weight excluding hydrogens is 446 g/mol. The molecule has 0 unspecified atom stereocenters. The van der Waals surface area contributed by atoms with Crippen molar-refractivity contribution >= 4 is 44.3 Å². The van der Waals surface area contributed by atoms with Crippen molar-refractivity contribution in [1.29, 1.82) is 0 Å². The molecule has 2 aliphatic rings. The number of thiazole rings is 1. The standard InChI is InChI=1S/C26H25N5O2S/c32-31(33)25-11-10-20(16-23(25)27-19-8-9-19)29-12-14-30(15-13-29)26-28-24(17-34-26)22-7-3-5-18-4-1-2-6-21(18)22/h1-7,10-11,16-17,19,27H,8-9,12-15H2. The summed E-state index contributed by atoms with van der Waals surface area (Å²) >= 11 is 1.69. The fourth-order valence-corrected chi connectivity index (χ4v) is 5.46. The molecule has 1 aromatic heterocycles. The van der Waals surface area contributed by atoms with Gasteiger partial charge in [0.05, 0.1) is 10.6 Å². The van der Waals surface area contributed by atoms with Gasteiger partial charge in [0.2, 0.25) is 0 Å². The number of nitrogens with one attached hydrogen (secondary N) is 1. The largest absolute Gasteiger partial charge is 0.377 e. The Kier molecular flexibility index (Phi) is 5.30. The van der Waals surface area contributed by atoms with Crippen molar-refractivity contribution in [1.82, 2.24) is 4.98 Å². The molecule has 1 saturated heterocycles. The van der Waals surface area contributed by atoms with Crippen molar-refractivity contribution in [2.75, 3.05) is 41.3 Å². The Labute approximate surface area is 201 Å². The van der Waals surface area contributed by atoms with E-state index in [9.17, 15) is 10.1 Å². The number of fused-ring (bicyclic) bond motifs is 1. The number of hydrogen-bond donors (Lipinski definition) is 1. The van der Waals surface area contributed by atoms with Gasteiger partial charge in [0, 0.05) is 54.9 Å². The number of nitrogens with zero attached hydrogens (tertiary/aromatic N) is 4. The van der Waals surface area contributed by atoms with Crippen LogP contribution in [0.3, 0.4) is 0 Å². The van der Waals surface area contributed by atoms with E-state index in [4.69, 9.17) is 4.98 Å². The second kappa shape index (κ2) is 8.61. The Morgan fingerprint density at radius 1 is 0.971 bits per heavy atom. The fraction of sp³-hybridized carbons (Fsp3) is 0.269. The summed E-state index contributed by atoms with van der Waals surface area (Å²) in [6.07, 6.45) is 2.16. The van der Waals surface area contributed by atoms with Gasteiger partial charge in [-0.1, -0.05) is 42.5 Å². The van der Waals surface area contributed by atoms with Crippen molar-refractivity contribution in [3.8, 4) is 11.3 Å². The summed E-state index contributed by atoms with van der Waals surface area (Å²) in [5, 5.41) is 20.4. The number of rotatable bonds is 6. The molecular formula is C26H25N5O2S. The van der Waals surface area contributed by atoms with Crippen LogP contribution in [-0.4, -0.2) is 42.1 Å². The molecule has 7 nitrogen and oxygen atoms in total. The van der Waals surface area contributed by atoms with Crippen LogP contribution in [0.15, 0.2) is 66.0 Å². The molecule has 1 aliphatic carbocycles. The Hall–Kier alpha value is -3.65. The van der Waals surface area contributed by atoms with Gasteiger partial charge in [0.15, 0.2) is 5.13 Å². The van der Waals surface area contributed by atoms with Crippen molar-refractivity contribution in [2.45, 2.75) is 18.9 Å². The van der Waals surface area contributed by atoms with Gasteiger partial charge >= 0.3 is 0 Å². The average Bonchev–Trinajstić information content (AvgIpc) is 3.55. The Balaban J connectivity index is 1.17. The monoisotopic (exact) mass is 471 g/mol. The molecule has 0 spiro atoms. The number of aromatic nitrogens is 1. The molecule has 1 saturated carbocycles. The molecule has 0 bridgehead atoms. The zero-order valence-electron chi connectivity index (χ0n) is 18.7. The van der Waals surface area contributed by atoms with Crippen LogP contribution in [0.4, 0.5) is 22.2 Å². The van der Waals surface area contributed by atoms with Gasteiger partial charge < -0.3 is 15.1 Å². The highest BCUT2D eigenvalue weighted by Gasteiger charge is 2.26. The quantitative estimate of drug-likeness (QED) is 0.284. The lowest BCUT2D eigenvalue weighted by molar-refractivity contribution is -0.384. The van der Waals surface area contributed by atoms with Crippen LogP contribution >= 0.6 is 11.3 Å². The van der Waals surface area contributed by atoms with Crippen LogP contribution in [0.1, 0.15) is 12.8 Å². The summed E-state index contributed by atoms with van der Waals surface area (Å²) in [5.74, 6) is 0. The van der Waals surface area contributed by atoms with Gasteiger partial charge in [0.1, 0.15) is 5.69 Å². The second-order valence-corrected chi connectivity index (χ2v) is 9.73.